The Hall–Kier alpha value is -2.12. The van der Waals surface area contributed by atoms with E-state index in [0.29, 0.717) is 22.9 Å². The monoisotopic (exact) mass is 360 g/mol. The van der Waals surface area contributed by atoms with Gasteiger partial charge in [-0.1, -0.05) is 0 Å². The van der Waals surface area contributed by atoms with Gasteiger partial charge in [-0.15, -0.1) is 0 Å². The summed E-state index contributed by atoms with van der Waals surface area (Å²) in [5.41, 5.74) is 0. The molecule has 2 bridgehead atoms. The number of piperidine rings is 1. The van der Waals surface area contributed by atoms with Crippen LogP contribution in [0.3, 0.4) is 0 Å². The number of sulfonamides is 1. The number of hydrogen-bond donors (Lipinski definition) is 0. The normalized spacial score (nSPS) is 25.9. The molecule has 0 spiro atoms. The Bertz CT molecular complexity index is 839. The molecule has 25 heavy (non-hydrogen) atoms. The van der Waals surface area contributed by atoms with Gasteiger partial charge in [0.1, 0.15) is 17.6 Å². The highest BCUT2D eigenvalue weighted by molar-refractivity contribution is 7.89. The molecule has 2 aromatic rings. The van der Waals surface area contributed by atoms with E-state index in [1.165, 1.54) is 0 Å². The zero-order valence-electron chi connectivity index (χ0n) is 13.9. The number of benzene rings is 1. The molecular formula is C18H20N2O4S. The molecule has 1 aromatic heterocycles. The van der Waals surface area contributed by atoms with E-state index in [9.17, 15) is 8.42 Å². The maximum absolute atomic E-state index is 13.0. The quantitative estimate of drug-likeness (QED) is 0.818. The minimum absolute atomic E-state index is 0.114. The van der Waals surface area contributed by atoms with Crippen molar-refractivity contribution >= 4 is 10.0 Å². The molecule has 2 aliphatic rings. The van der Waals surface area contributed by atoms with E-state index in [0.717, 1.165) is 12.8 Å². The maximum atomic E-state index is 13.0. The largest absolute Gasteiger partial charge is 0.497 e. The fourth-order valence-electron chi connectivity index (χ4n) is 3.81. The summed E-state index contributed by atoms with van der Waals surface area (Å²) >= 11 is 0. The molecule has 0 N–H and O–H groups in total. The van der Waals surface area contributed by atoms with Crippen LogP contribution >= 0.6 is 0 Å². The number of rotatable bonds is 5. The number of ether oxygens (including phenoxy) is 2. The number of fused-ring (bicyclic) bond motifs is 2. The average molecular weight is 360 g/mol. The molecule has 3 unspecified atom stereocenters. The second kappa shape index (κ2) is 6.31. The zero-order valence-corrected chi connectivity index (χ0v) is 14.7. The van der Waals surface area contributed by atoms with Crippen LogP contribution in [0, 0.1) is 5.92 Å². The van der Waals surface area contributed by atoms with E-state index in [1.54, 1.807) is 48.1 Å². The van der Waals surface area contributed by atoms with Crippen molar-refractivity contribution in [2.75, 3.05) is 13.7 Å². The van der Waals surface area contributed by atoms with Gasteiger partial charge >= 0.3 is 0 Å². The molecule has 2 fully saturated rings. The Balaban J connectivity index is 1.57. The summed E-state index contributed by atoms with van der Waals surface area (Å²) in [6, 6.07) is 10.1. The molecular weight excluding hydrogens is 340 g/mol. The Morgan fingerprint density at radius 1 is 1.12 bits per heavy atom. The van der Waals surface area contributed by atoms with E-state index in [1.807, 2.05) is 12.1 Å². The smallest absolute Gasteiger partial charge is 0.243 e. The predicted molar refractivity (Wildman–Crippen MR) is 92.1 cm³/mol. The van der Waals surface area contributed by atoms with Crippen LogP contribution in [-0.2, 0) is 10.0 Å². The van der Waals surface area contributed by atoms with E-state index in [-0.39, 0.29) is 18.1 Å². The van der Waals surface area contributed by atoms with Gasteiger partial charge in [-0.3, -0.25) is 4.98 Å². The van der Waals surface area contributed by atoms with Crippen LogP contribution in [0.5, 0.6) is 11.5 Å². The van der Waals surface area contributed by atoms with Gasteiger partial charge in [-0.05, 0) is 49.2 Å². The zero-order chi connectivity index (χ0) is 17.4. The van der Waals surface area contributed by atoms with E-state index in [2.05, 4.69) is 4.98 Å². The average Bonchev–Trinajstić information content (AvgIpc) is 3.20. The van der Waals surface area contributed by atoms with Crippen molar-refractivity contribution in [3.05, 3.63) is 48.8 Å². The molecule has 2 heterocycles. The highest BCUT2D eigenvalue weighted by Gasteiger charge is 2.53. The van der Waals surface area contributed by atoms with Crippen molar-refractivity contribution in [2.45, 2.75) is 29.9 Å². The van der Waals surface area contributed by atoms with Gasteiger partial charge < -0.3 is 9.47 Å². The molecule has 0 amide bonds. The summed E-state index contributed by atoms with van der Waals surface area (Å²) in [5.74, 6) is 1.55. The molecule has 3 atom stereocenters. The van der Waals surface area contributed by atoms with E-state index >= 15 is 0 Å². The lowest BCUT2D eigenvalue weighted by Gasteiger charge is -2.26. The SMILES string of the molecule is COc1ccc(S(=O)(=O)N2CC3CCC2C3Oc2cccnc2)cc1. The van der Waals surface area contributed by atoms with Crippen molar-refractivity contribution in [3.8, 4) is 11.5 Å². The molecule has 1 aromatic carbocycles. The Kier molecular flexibility index (Phi) is 4.13. The van der Waals surface area contributed by atoms with Crippen molar-refractivity contribution < 1.29 is 17.9 Å². The lowest BCUT2D eigenvalue weighted by molar-refractivity contribution is 0.167. The Morgan fingerprint density at radius 2 is 1.92 bits per heavy atom. The highest BCUT2D eigenvalue weighted by Crippen LogP contribution is 2.42. The molecule has 7 heteroatoms. The van der Waals surface area contributed by atoms with Gasteiger partial charge in [-0.25, -0.2) is 8.42 Å². The van der Waals surface area contributed by atoms with E-state index < -0.39 is 10.0 Å². The predicted octanol–water partition coefficient (Wildman–Crippen LogP) is 2.32. The number of methoxy groups -OCH3 is 1. The van der Waals surface area contributed by atoms with Crippen molar-refractivity contribution in [1.82, 2.24) is 9.29 Å². The van der Waals surface area contributed by atoms with E-state index in [4.69, 9.17) is 9.47 Å². The van der Waals surface area contributed by atoms with Crippen LogP contribution in [-0.4, -0.2) is 43.5 Å². The first-order valence-corrected chi connectivity index (χ1v) is 9.76. The molecule has 6 nitrogen and oxygen atoms in total. The van der Waals surface area contributed by atoms with Crippen LogP contribution in [0.4, 0.5) is 0 Å². The summed E-state index contributed by atoms with van der Waals surface area (Å²) < 4.78 is 38.9. The topological polar surface area (TPSA) is 68.7 Å². The van der Waals surface area contributed by atoms with Crippen molar-refractivity contribution in [1.29, 1.82) is 0 Å². The Labute approximate surface area is 147 Å². The summed E-state index contributed by atoms with van der Waals surface area (Å²) in [7, 11) is -1.98. The molecule has 1 saturated heterocycles. The summed E-state index contributed by atoms with van der Waals surface area (Å²) in [4.78, 5) is 4.35. The van der Waals surface area contributed by atoms with Crippen LogP contribution in [0.15, 0.2) is 53.7 Å². The molecule has 1 saturated carbocycles. The third-order valence-corrected chi connectivity index (χ3v) is 6.94. The number of aromatic nitrogens is 1. The fraction of sp³-hybridized carbons (Fsp3) is 0.389. The Morgan fingerprint density at radius 3 is 2.60 bits per heavy atom. The minimum atomic E-state index is -3.54. The number of hydrogen-bond acceptors (Lipinski definition) is 5. The van der Waals surface area contributed by atoms with Crippen LogP contribution in [0.25, 0.3) is 0 Å². The molecule has 0 radical (unpaired) electrons. The molecule has 132 valence electrons. The number of nitrogens with zero attached hydrogens (tertiary/aromatic N) is 2. The summed E-state index contributed by atoms with van der Waals surface area (Å²) in [6.45, 7) is 0.504. The molecule has 1 aliphatic carbocycles. The lowest BCUT2D eigenvalue weighted by Crippen LogP contribution is -2.40. The minimum Gasteiger partial charge on any atom is -0.497 e. The third kappa shape index (κ3) is 2.87. The van der Waals surface area contributed by atoms with Gasteiger partial charge in [-0.2, -0.15) is 4.31 Å². The highest BCUT2D eigenvalue weighted by atomic mass is 32.2. The van der Waals surface area contributed by atoms with Crippen LogP contribution in [0.2, 0.25) is 0 Å². The summed E-state index contributed by atoms with van der Waals surface area (Å²) in [6.07, 6.45) is 5.06. The second-order valence-corrected chi connectivity index (χ2v) is 8.32. The maximum Gasteiger partial charge on any atom is 0.243 e. The van der Waals surface area contributed by atoms with Crippen LogP contribution < -0.4 is 9.47 Å². The third-order valence-electron chi connectivity index (χ3n) is 5.03. The summed E-state index contributed by atoms with van der Waals surface area (Å²) in [5, 5.41) is 0. The van der Waals surface area contributed by atoms with Gasteiger partial charge in [0.15, 0.2) is 0 Å². The number of pyridine rings is 1. The van der Waals surface area contributed by atoms with Crippen molar-refractivity contribution in [3.63, 3.8) is 0 Å². The fourth-order valence-corrected chi connectivity index (χ4v) is 5.53. The first-order valence-electron chi connectivity index (χ1n) is 8.32. The van der Waals surface area contributed by atoms with Gasteiger partial charge in [0.25, 0.3) is 0 Å². The van der Waals surface area contributed by atoms with Gasteiger partial charge in [0.2, 0.25) is 10.0 Å². The first kappa shape index (κ1) is 16.4. The van der Waals surface area contributed by atoms with Crippen molar-refractivity contribution in [2.24, 2.45) is 5.92 Å². The first-order chi connectivity index (χ1) is 12.1. The molecule has 4 rings (SSSR count). The van der Waals surface area contributed by atoms with Gasteiger partial charge in [0, 0.05) is 18.7 Å². The van der Waals surface area contributed by atoms with Gasteiger partial charge in [0.05, 0.1) is 24.2 Å². The van der Waals surface area contributed by atoms with Crippen LogP contribution in [0.1, 0.15) is 12.8 Å². The molecule has 1 aliphatic heterocycles. The second-order valence-electron chi connectivity index (χ2n) is 6.43. The lowest BCUT2D eigenvalue weighted by atomic mass is 10.1. The standard InChI is InChI=1S/C18H20N2O4S/c1-23-14-5-7-16(8-6-14)25(21,22)20-12-13-4-9-17(20)18(13)24-15-3-2-10-19-11-15/h2-3,5-8,10-11,13,17-18H,4,9,12H2,1H3.